The first-order valence-corrected chi connectivity index (χ1v) is 19.2. The third-order valence-corrected chi connectivity index (χ3v) is 13.7. The number of fused-ring (bicyclic) bond motifs is 5. The number of nitriles is 1. The summed E-state index contributed by atoms with van der Waals surface area (Å²) in [6.07, 6.45) is 8.19. The van der Waals surface area contributed by atoms with Crippen molar-refractivity contribution in [2.24, 2.45) is 5.92 Å². The molecule has 4 aliphatic heterocycles. The van der Waals surface area contributed by atoms with Gasteiger partial charge in [0.25, 0.3) is 0 Å². The number of piperidine rings is 1. The number of carbonyl (C=O) groups excluding carboxylic acids is 1. The summed E-state index contributed by atoms with van der Waals surface area (Å²) in [7, 11) is 0. The zero-order valence-electron chi connectivity index (χ0n) is 28.9. The van der Waals surface area contributed by atoms with Gasteiger partial charge in [0.1, 0.15) is 47.0 Å². The van der Waals surface area contributed by atoms with Crippen LogP contribution < -0.4 is 15.4 Å². The second kappa shape index (κ2) is 11.7. The molecular formula is C37H35ClF2N10O2S. The molecule has 53 heavy (non-hydrogen) atoms. The van der Waals surface area contributed by atoms with E-state index < -0.39 is 17.2 Å². The molecule has 0 radical (unpaired) electrons. The molecule has 7 heterocycles. The Morgan fingerprint density at radius 2 is 2.04 bits per heavy atom. The lowest BCUT2D eigenvalue weighted by Crippen LogP contribution is -2.50. The molecule has 1 amide bonds. The van der Waals surface area contributed by atoms with Crippen molar-refractivity contribution in [1.29, 1.82) is 5.26 Å². The molecule has 1 spiro atoms. The summed E-state index contributed by atoms with van der Waals surface area (Å²) in [6.45, 7) is 4.78. The third kappa shape index (κ3) is 4.87. The van der Waals surface area contributed by atoms with E-state index in [1.807, 2.05) is 4.90 Å². The number of hydrogen-bond acceptors (Lipinski definition) is 11. The monoisotopic (exact) mass is 756 g/mol. The molecule has 2 aromatic carbocycles. The van der Waals surface area contributed by atoms with E-state index in [1.54, 1.807) is 13.0 Å². The summed E-state index contributed by atoms with van der Waals surface area (Å²) in [5.74, 6) is 0.372. The van der Waals surface area contributed by atoms with E-state index in [1.165, 1.54) is 29.6 Å². The van der Waals surface area contributed by atoms with Crippen molar-refractivity contribution in [1.82, 2.24) is 34.5 Å². The highest BCUT2D eigenvalue weighted by Crippen LogP contribution is 2.57. The van der Waals surface area contributed by atoms with Crippen molar-refractivity contribution < 1.29 is 18.3 Å². The molecular weight excluding hydrogens is 722 g/mol. The first-order chi connectivity index (χ1) is 25.6. The minimum Gasteiger partial charge on any atom is -0.461 e. The number of carbonyl (C=O) groups is 1. The van der Waals surface area contributed by atoms with E-state index in [2.05, 4.69) is 26.0 Å². The number of amides is 1. The number of aromatic nitrogens is 5. The normalized spacial score (nSPS) is 26.2. The number of anilines is 2. The topological polar surface area (TPSA) is 142 Å². The molecule has 1 saturated carbocycles. The van der Waals surface area contributed by atoms with Gasteiger partial charge < -0.3 is 20.3 Å². The number of nitrogens with two attached hydrogens (primary N) is 1. The van der Waals surface area contributed by atoms with Gasteiger partial charge in [-0.15, -0.1) is 16.4 Å². The fourth-order valence-corrected chi connectivity index (χ4v) is 11.2. The third-order valence-electron chi connectivity index (χ3n) is 12.4. The fourth-order valence-electron chi connectivity index (χ4n) is 9.91. The number of likely N-dealkylation sites (tertiary alicyclic amines) is 1. The van der Waals surface area contributed by atoms with Crippen molar-refractivity contribution in [3.05, 3.63) is 52.6 Å². The van der Waals surface area contributed by atoms with Crippen molar-refractivity contribution >= 4 is 60.8 Å². The number of nitrogens with zero attached hydrogens (tertiary/aromatic N) is 9. The van der Waals surface area contributed by atoms with Crippen molar-refractivity contribution in [2.45, 2.75) is 69.0 Å². The first kappa shape index (κ1) is 33.0. The van der Waals surface area contributed by atoms with Crippen molar-refractivity contribution in [3.63, 3.8) is 0 Å². The van der Waals surface area contributed by atoms with E-state index in [0.717, 1.165) is 50.0 Å². The molecule has 12 nitrogen and oxygen atoms in total. The summed E-state index contributed by atoms with van der Waals surface area (Å²) < 4.78 is 40.2. The van der Waals surface area contributed by atoms with Gasteiger partial charge in [0.05, 0.1) is 26.4 Å². The van der Waals surface area contributed by atoms with Gasteiger partial charge in [0.2, 0.25) is 0 Å². The van der Waals surface area contributed by atoms with Crippen LogP contribution in [0.15, 0.2) is 24.5 Å². The number of hydrogen-bond donors (Lipinski definition) is 1. The smallest absolute Gasteiger partial charge is 0.346 e. The van der Waals surface area contributed by atoms with Gasteiger partial charge in [-0.2, -0.15) is 19.9 Å². The van der Waals surface area contributed by atoms with Crippen LogP contribution in [0.5, 0.6) is 6.01 Å². The number of thiophene rings is 1. The summed E-state index contributed by atoms with van der Waals surface area (Å²) >= 11 is 7.90. The quantitative estimate of drug-likeness (QED) is 0.211. The van der Waals surface area contributed by atoms with Crippen LogP contribution in [0.3, 0.4) is 0 Å². The Kier molecular flexibility index (Phi) is 7.26. The lowest BCUT2D eigenvalue weighted by Gasteiger charge is -2.35. The molecule has 1 aliphatic carbocycles. The van der Waals surface area contributed by atoms with Crippen LogP contribution in [0.25, 0.3) is 32.1 Å². The predicted octanol–water partition coefficient (Wildman–Crippen LogP) is 6.52. The van der Waals surface area contributed by atoms with E-state index in [9.17, 15) is 10.1 Å². The minimum atomic E-state index is -0.738. The van der Waals surface area contributed by atoms with Gasteiger partial charge in [-0.05, 0) is 82.0 Å². The number of rotatable bonds is 5. The Labute approximate surface area is 312 Å². The van der Waals surface area contributed by atoms with Crippen LogP contribution in [-0.4, -0.2) is 90.5 Å². The molecule has 0 bridgehead atoms. The number of halogens is 3. The van der Waals surface area contributed by atoms with Gasteiger partial charge >= 0.3 is 12.0 Å². The van der Waals surface area contributed by atoms with E-state index in [-0.39, 0.29) is 59.9 Å². The highest BCUT2D eigenvalue weighted by molar-refractivity contribution is 7.23. The van der Waals surface area contributed by atoms with Crippen LogP contribution >= 0.6 is 22.9 Å². The average molecular weight is 757 g/mol. The van der Waals surface area contributed by atoms with Gasteiger partial charge in [-0.1, -0.05) is 17.7 Å². The fraction of sp³-hybridized carbons (Fsp3) is 0.459. The first-order valence-electron chi connectivity index (χ1n) is 18.1. The van der Waals surface area contributed by atoms with Crippen LogP contribution in [0, 0.1) is 35.8 Å². The molecule has 2 N–H and O–H groups in total. The SMILES string of the molecule is Cc1ncn(C(=O)N2CCC[C@@]23CCN(c2nc(OC[C@@]45CCCN4C4CC4C5)nc4c(F)c(-c5ccc(F)c6sc(N)c(C#N)c56)c(Cl)cc24)C3)n1. The molecule has 5 aromatic rings. The second-order valence-electron chi connectivity index (χ2n) is 15.3. The predicted molar refractivity (Wildman–Crippen MR) is 196 cm³/mol. The lowest BCUT2D eigenvalue weighted by molar-refractivity contribution is 0.0867. The van der Waals surface area contributed by atoms with Gasteiger partial charge in [-0.25, -0.2) is 18.6 Å². The van der Waals surface area contributed by atoms with Gasteiger partial charge in [0.15, 0.2) is 5.82 Å². The van der Waals surface area contributed by atoms with E-state index in [0.29, 0.717) is 61.7 Å². The highest BCUT2D eigenvalue weighted by atomic mass is 35.5. The Bertz CT molecular complexity index is 2430. The second-order valence-corrected chi connectivity index (χ2v) is 16.7. The number of nitrogen functional groups attached to an aromatic ring is 1. The maximum Gasteiger partial charge on any atom is 0.346 e. The molecule has 4 atom stereocenters. The Hall–Kier alpha value is -4.65. The van der Waals surface area contributed by atoms with Crippen molar-refractivity contribution in [3.8, 4) is 23.2 Å². The molecule has 16 heteroatoms. The minimum absolute atomic E-state index is 0.00275. The molecule has 3 aromatic heterocycles. The van der Waals surface area contributed by atoms with Crippen LogP contribution in [0.4, 0.5) is 24.4 Å². The van der Waals surface area contributed by atoms with Gasteiger partial charge in [-0.3, -0.25) is 4.90 Å². The highest BCUT2D eigenvalue weighted by Gasteiger charge is 2.61. The van der Waals surface area contributed by atoms with Gasteiger partial charge in [0, 0.05) is 42.0 Å². The summed E-state index contributed by atoms with van der Waals surface area (Å²) in [4.78, 5) is 34.0. The summed E-state index contributed by atoms with van der Waals surface area (Å²) in [6, 6.07) is 6.79. The zero-order valence-corrected chi connectivity index (χ0v) is 30.5. The molecule has 4 saturated heterocycles. The van der Waals surface area contributed by atoms with E-state index in [4.69, 9.17) is 32.0 Å². The molecule has 272 valence electrons. The largest absolute Gasteiger partial charge is 0.461 e. The molecule has 10 rings (SSSR count). The Morgan fingerprint density at radius 3 is 2.85 bits per heavy atom. The van der Waals surface area contributed by atoms with Crippen LogP contribution in [0.1, 0.15) is 56.3 Å². The summed E-state index contributed by atoms with van der Waals surface area (Å²) in [5, 5.41) is 15.0. The van der Waals surface area contributed by atoms with Crippen LogP contribution in [0.2, 0.25) is 5.02 Å². The van der Waals surface area contributed by atoms with Crippen molar-refractivity contribution in [2.75, 3.05) is 43.4 Å². The van der Waals surface area contributed by atoms with Crippen LogP contribution in [-0.2, 0) is 0 Å². The maximum atomic E-state index is 17.3. The molecule has 5 fully saturated rings. The number of ether oxygens (including phenoxy) is 1. The molecule has 2 unspecified atom stereocenters. The number of benzene rings is 2. The lowest BCUT2D eigenvalue weighted by atomic mass is 9.93. The number of aryl methyl sites for hydroxylation is 1. The Balaban J connectivity index is 1.08. The Morgan fingerprint density at radius 1 is 1.19 bits per heavy atom. The molecule has 5 aliphatic rings. The standard InChI is InChI=1S/C37H35ClF2N10O2S/c1-19-43-18-50(46-19)35(51)49-10-2-6-36(49)8-11-47(16-36)33-22-13-24(38)28(21-4-5-25(39)31-27(21)23(15-41)32(42)53-31)29(40)30(22)44-34(45-33)52-17-37-7-3-9-48(37)26-12-20(26)14-37/h4-5,13,18,20,26H,2-3,6-12,14,16-17,42H2,1H3/t20?,26?,36-,37-/m0/s1. The maximum absolute atomic E-state index is 17.3. The van der Waals surface area contributed by atoms with E-state index >= 15 is 8.78 Å². The summed E-state index contributed by atoms with van der Waals surface area (Å²) in [5.41, 5.74) is 5.85. The average Bonchev–Trinajstić information content (AvgIpc) is 3.79. The zero-order chi connectivity index (χ0) is 36.4.